The van der Waals surface area contributed by atoms with Crippen molar-refractivity contribution in [1.82, 2.24) is 5.16 Å². The van der Waals surface area contributed by atoms with Crippen LogP contribution in [0, 0.1) is 0 Å². The quantitative estimate of drug-likeness (QED) is 0.753. The molecule has 0 aliphatic heterocycles. The van der Waals surface area contributed by atoms with Crippen LogP contribution in [0.4, 0.5) is 5.88 Å². The molecule has 1 amide bonds. The minimum atomic E-state index is -0.524. The van der Waals surface area contributed by atoms with E-state index in [1.54, 1.807) is 13.2 Å². The van der Waals surface area contributed by atoms with E-state index in [4.69, 9.17) is 9.26 Å². The van der Waals surface area contributed by atoms with Crippen LogP contribution < -0.4 is 5.32 Å². The summed E-state index contributed by atoms with van der Waals surface area (Å²) in [7, 11) is 1.44. The highest BCUT2D eigenvalue weighted by Gasteiger charge is 2.36. The van der Waals surface area contributed by atoms with E-state index in [-0.39, 0.29) is 21.8 Å². The van der Waals surface area contributed by atoms with Crippen molar-refractivity contribution in [3.8, 4) is 0 Å². The van der Waals surface area contributed by atoms with Gasteiger partial charge < -0.3 is 9.26 Å². The third kappa shape index (κ3) is 4.09. The fraction of sp³-hybridized carbons (Fsp3) is 0.722. The SMILES string of the molecule is C=S(C1CCCC1)C(C)(C)C(=O)Nc1cc(C(C)(C)COC)no1. The smallest absolute Gasteiger partial charge is 0.241 e. The standard InChI is InChI=1S/C18H30N2O3S/c1-17(2,12-22-5)14-11-15(23-20-14)19-16(21)18(3,4)24(6)13-9-7-8-10-13/h11,13H,6-10,12H2,1-5H3,(H,19,21). The van der Waals surface area contributed by atoms with Gasteiger partial charge in [-0.15, -0.1) is 0 Å². The number of carbonyl (C=O) groups is 1. The summed E-state index contributed by atoms with van der Waals surface area (Å²) in [6, 6.07) is 1.78. The van der Waals surface area contributed by atoms with Crippen molar-refractivity contribution in [3.05, 3.63) is 11.8 Å². The van der Waals surface area contributed by atoms with Gasteiger partial charge >= 0.3 is 0 Å². The molecule has 0 bridgehead atoms. The van der Waals surface area contributed by atoms with Gasteiger partial charge in [0.05, 0.1) is 17.0 Å². The molecule has 1 saturated carbocycles. The maximum absolute atomic E-state index is 12.8. The molecule has 0 spiro atoms. The topological polar surface area (TPSA) is 64.4 Å². The number of ether oxygens (including phenoxy) is 1. The van der Waals surface area contributed by atoms with Gasteiger partial charge in [0.1, 0.15) is 0 Å². The molecule has 5 nitrogen and oxygen atoms in total. The molecular formula is C18H30N2O3S. The van der Waals surface area contributed by atoms with Gasteiger partial charge in [0.2, 0.25) is 11.8 Å². The summed E-state index contributed by atoms with van der Waals surface area (Å²) in [5, 5.41) is 7.51. The summed E-state index contributed by atoms with van der Waals surface area (Å²) in [5.74, 6) is 4.66. The Kier molecular flexibility index (Phi) is 5.91. The molecule has 24 heavy (non-hydrogen) atoms. The van der Waals surface area contributed by atoms with Crippen LogP contribution in [0.15, 0.2) is 10.6 Å². The molecule has 1 aliphatic rings. The molecule has 1 fully saturated rings. The van der Waals surface area contributed by atoms with Gasteiger partial charge in [0, 0.05) is 23.8 Å². The monoisotopic (exact) mass is 354 g/mol. The lowest BCUT2D eigenvalue weighted by molar-refractivity contribution is -0.117. The largest absolute Gasteiger partial charge is 0.384 e. The molecular weight excluding hydrogens is 324 g/mol. The molecule has 0 radical (unpaired) electrons. The Bertz CT molecular complexity index is 601. The minimum absolute atomic E-state index is 0.0556. The van der Waals surface area contributed by atoms with Gasteiger partial charge in [0.25, 0.3) is 0 Å². The third-order valence-electron chi connectivity index (χ3n) is 4.85. The van der Waals surface area contributed by atoms with Crippen molar-refractivity contribution in [1.29, 1.82) is 0 Å². The molecule has 1 aromatic heterocycles. The summed E-state index contributed by atoms with van der Waals surface area (Å²) in [6.45, 7) is 8.53. The van der Waals surface area contributed by atoms with Gasteiger partial charge in [-0.2, -0.15) is 10.5 Å². The van der Waals surface area contributed by atoms with Crippen molar-refractivity contribution in [2.24, 2.45) is 0 Å². The van der Waals surface area contributed by atoms with Crippen molar-refractivity contribution >= 4 is 28.1 Å². The fourth-order valence-electron chi connectivity index (χ4n) is 3.06. The van der Waals surface area contributed by atoms with E-state index in [9.17, 15) is 4.79 Å². The Balaban J connectivity index is 2.06. The number of methoxy groups -OCH3 is 1. The van der Waals surface area contributed by atoms with Gasteiger partial charge in [-0.1, -0.05) is 37.7 Å². The number of amides is 1. The first-order valence-electron chi connectivity index (χ1n) is 8.49. The highest BCUT2D eigenvalue weighted by Crippen LogP contribution is 2.43. The zero-order valence-corrected chi connectivity index (χ0v) is 16.3. The number of hydrogen-bond donors (Lipinski definition) is 1. The van der Waals surface area contributed by atoms with Gasteiger partial charge in [-0.3, -0.25) is 10.1 Å². The van der Waals surface area contributed by atoms with E-state index in [1.165, 1.54) is 25.7 Å². The molecule has 2 rings (SSSR count). The van der Waals surface area contributed by atoms with Crippen LogP contribution >= 0.6 is 10.5 Å². The van der Waals surface area contributed by atoms with Crippen molar-refractivity contribution in [2.75, 3.05) is 19.0 Å². The van der Waals surface area contributed by atoms with E-state index in [2.05, 4.69) is 16.3 Å². The van der Waals surface area contributed by atoms with Crippen molar-refractivity contribution in [2.45, 2.75) is 68.8 Å². The summed E-state index contributed by atoms with van der Waals surface area (Å²) in [6.07, 6.45) is 4.87. The molecule has 1 heterocycles. The van der Waals surface area contributed by atoms with E-state index >= 15 is 0 Å². The fourth-order valence-corrected chi connectivity index (χ4v) is 5.08. The first-order chi connectivity index (χ1) is 11.2. The Morgan fingerprint density at radius 2 is 2.04 bits per heavy atom. The molecule has 1 unspecified atom stereocenters. The lowest BCUT2D eigenvalue weighted by Gasteiger charge is -2.30. The molecule has 6 heteroatoms. The lowest BCUT2D eigenvalue weighted by Crippen LogP contribution is -2.37. The van der Waals surface area contributed by atoms with E-state index < -0.39 is 4.75 Å². The molecule has 0 saturated heterocycles. The predicted molar refractivity (Wildman–Crippen MR) is 101 cm³/mol. The highest BCUT2D eigenvalue weighted by atomic mass is 32.2. The normalized spacial score (nSPS) is 17.9. The van der Waals surface area contributed by atoms with Crippen LogP contribution in [0.25, 0.3) is 0 Å². The Morgan fingerprint density at radius 3 is 2.62 bits per heavy atom. The number of nitrogens with one attached hydrogen (secondary N) is 1. The number of carbonyl (C=O) groups excluding carboxylic acids is 1. The number of aromatic nitrogens is 1. The molecule has 1 aromatic rings. The average molecular weight is 355 g/mol. The first-order valence-corrected chi connectivity index (χ1v) is 9.94. The zero-order chi connectivity index (χ0) is 18.0. The van der Waals surface area contributed by atoms with E-state index in [1.807, 2.05) is 27.7 Å². The summed E-state index contributed by atoms with van der Waals surface area (Å²) in [5.41, 5.74) is 0.499. The van der Waals surface area contributed by atoms with Gasteiger partial charge in [0.15, 0.2) is 0 Å². The second kappa shape index (κ2) is 7.40. The minimum Gasteiger partial charge on any atom is -0.384 e. The van der Waals surface area contributed by atoms with E-state index in [0.717, 1.165) is 5.69 Å². The van der Waals surface area contributed by atoms with Crippen LogP contribution in [-0.2, 0) is 14.9 Å². The van der Waals surface area contributed by atoms with Crippen LogP contribution in [0.2, 0.25) is 0 Å². The Morgan fingerprint density at radius 1 is 1.42 bits per heavy atom. The van der Waals surface area contributed by atoms with Gasteiger partial charge in [-0.05, 0) is 26.7 Å². The Hall–Kier alpha value is -1.14. The molecule has 0 aromatic carbocycles. The van der Waals surface area contributed by atoms with E-state index in [0.29, 0.717) is 17.7 Å². The first kappa shape index (κ1) is 19.2. The third-order valence-corrected chi connectivity index (χ3v) is 7.62. The number of anilines is 1. The summed E-state index contributed by atoms with van der Waals surface area (Å²) >= 11 is 0. The molecule has 1 N–H and O–H groups in total. The maximum Gasteiger partial charge on any atom is 0.241 e. The predicted octanol–water partition coefficient (Wildman–Crippen LogP) is 3.96. The summed E-state index contributed by atoms with van der Waals surface area (Å²) in [4.78, 5) is 12.8. The number of nitrogens with zero attached hydrogens (tertiary/aromatic N) is 1. The maximum atomic E-state index is 12.8. The number of rotatable bonds is 7. The zero-order valence-electron chi connectivity index (χ0n) is 15.5. The Labute approximate surface area is 147 Å². The highest BCUT2D eigenvalue weighted by molar-refractivity contribution is 8.16. The molecule has 1 aliphatic carbocycles. The van der Waals surface area contributed by atoms with Crippen LogP contribution in [0.3, 0.4) is 0 Å². The average Bonchev–Trinajstić information content (AvgIpc) is 3.17. The number of hydrogen-bond acceptors (Lipinski definition) is 4. The second-order valence-corrected chi connectivity index (χ2v) is 10.2. The van der Waals surface area contributed by atoms with Gasteiger partial charge in [-0.25, -0.2) is 0 Å². The lowest BCUT2D eigenvalue weighted by atomic mass is 9.90. The molecule has 1 atom stereocenters. The summed E-state index contributed by atoms with van der Waals surface area (Å²) < 4.78 is 10.0. The van der Waals surface area contributed by atoms with Crippen LogP contribution in [-0.4, -0.2) is 40.6 Å². The van der Waals surface area contributed by atoms with Crippen molar-refractivity contribution < 1.29 is 14.1 Å². The van der Waals surface area contributed by atoms with Crippen LogP contribution in [0.5, 0.6) is 0 Å². The molecule has 136 valence electrons. The second-order valence-electron chi connectivity index (χ2n) is 7.69. The van der Waals surface area contributed by atoms with Crippen LogP contribution in [0.1, 0.15) is 59.1 Å². The van der Waals surface area contributed by atoms with Crippen molar-refractivity contribution in [3.63, 3.8) is 0 Å².